The molecule has 24 heavy (non-hydrogen) atoms. The first-order chi connectivity index (χ1) is 11.5. The molecule has 0 aromatic carbocycles. The van der Waals surface area contributed by atoms with Gasteiger partial charge in [-0.1, -0.05) is 0 Å². The zero-order valence-corrected chi connectivity index (χ0v) is 13.8. The number of aromatic nitrogens is 4. The minimum atomic E-state index is -1.13. The normalized spacial score (nSPS) is 34.2. The van der Waals surface area contributed by atoms with E-state index in [2.05, 4.69) is 25.6 Å². The minimum Gasteiger partial charge on any atom is -0.389 e. The summed E-state index contributed by atoms with van der Waals surface area (Å²) in [6.07, 6.45) is -0.182. The SMILES string of the molecule is CNC(=O)C12CC1C(n1cnc3c(NC)nc(Cl)nc31)C(O)C2O. The molecule has 0 bridgehead atoms. The van der Waals surface area contributed by atoms with E-state index < -0.39 is 23.7 Å². The van der Waals surface area contributed by atoms with Gasteiger partial charge in [-0.25, -0.2) is 4.98 Å². The van der Waals surface area contributed by atoms with Gasteiger partial charge < -0.3 is 25.4 Å². The highest BCUT2D eigenvalue weighted by Gasteiger charge is 2.75. The molecule has 2 heterocycles. The first kappa shape index (κ1) is 15.6. The van der Waals surface area contributed by atoms with Crippen LogP contribution in [0.25, 0.3) is 11.2 Å². The Morgan fingerprint density at radius 1 is 1.42 bits per heavy atom. The van der Waals surface area contributed by atoms with E-state index in [0.717, 1.165) is 0 Å². The highest BCUT2D eigenvalue weighted by atomic mass is 35.5. The van der Waals surface area contributed by atoms with Crippen LogP contribution in [0.5, 0.6) is 0 Å². The average molecular weight is 353 g/mol. The van der Waals surface area contributed by atoms with E-state index in [-0.39, 0.29) is 17.1 Å². The average Bonchev–Trinajstić information content (AvgIpc) is 3.12. The zero-order valence-electron chi connectivity index (χ0n) is 13.1. The molecule has 2 aromatic heterocycles. The van der Waals surface area contributed by atoms with Crippen LogP contribution in [0.15, 0.2) is 6.33 Å². The van der Waals surface area contributed by atoms with Gasteiger partial charge in [-0.15, -0.1) is 0 Å². The van der Waals surface area contributed by atoms with Crippen LogP contribution in [0, 0.1) is 11.3 Å². The number of rotatable bonds is 3. The van der Waals surface area contributed by atoms with Crippen molar-refractivity contribution in [1.82, 2.24) is 24.8 Å². The second-order valence-corrected chi connectivity index (χ2v) is 6.61. The Balaban J connectivity index is 1.82. The molecule has 10 heteroatoms. The van der Waals surface area contributed by atoms with Gasteiger partial charge in [0.2, 0.25) is 11.2 Å². The summed E-state index contributed by atoms with van der Waals surface area (Å²) in [4.78, 5) is 24.8. The fraction of sp³-hybridized carbons (Fsp3) is 0.571. The molecule has 4 N–H and O–H groups in total. The van der Waals surface area contributed by atoms with Crippen LogP contribution in [0.4, 0.5) is 5.82 Å². The Hall–Kier alpha value is -1.97. The van der Waals surface area contributed by atoms with E-state index in [0.29, 0.717) is 23.4 Å². The molecular formula is C14H17ClN6O3. The second-order valence-electron chi connectivity index (χ2n) is 6.27. The van der Waals surface area contributed by atoms with Crippen LogP contribution in [-0.2, 0) is 4.79 Å². The quantitative estimate of drug-likeness (QED) is 0.551. The van der Waals surface area contributed by atoms with Crippen LogP contribution in [0.3, 0.4) is 0 Å². The lowest BCUT2D eigenvalue weighted by molar-refractivity contribution is -0.132. The molecule has 9 nitrogen and oxygen atoms in total. The van der Waals surface area contributed by atoms with Gasteiger partial charge in [0.15, 0.2) is 17.0 Å². The summed E-state index contributed by atoms with van der Waals surface area (Å²) in [6, 6.07) is -0.502. The zero-order chi connectivity index (χ0) is 17.2. The van der Waals surface area contributed by atoms with Crippen molar-refractivity contribution >= 4 is 34.5 Å². The third-order valence-electron chi connectivity index (χ3n) is 5.27. The van der Waals surface area contributed by atoms with E-state index >= 15 is 0 Å². The number of amides is 1. The lowest BCUT2D eigenvalue weighted by Gasteiger charge is -2.23. The van der Waals surface area contributed by atoms with Crippen LogP contribution in [0.1, 0.15) is 12.5 Å². The van der Waals surface area contributed by atoms with Gasteiger partial charge in [0.25, 0.3) is 0 Å². The van der Waals surface area contributed by atoms with Gasteiger partial charge in [-0.3, -0.25) is 4.79 Å². The van der Waals surface area contributed by atoms with E-state index in [4.69, 9.17) is 11.6 Å². The van der Waals surface area contributed by atoms with Crippen LogP contribution in [0.2, 0.25) is 5.28 Å². The topological polar surface area (TPSA) is 125 Å². The molecule has 2 aliphatic carbocycles. The number of halogens is 1. The number of imidazole rings is 1. The monoisotopic (exact) mass is 352 g/mol. The maximum absolute atomic E-state index is 12.2. The van der Waals surface area contributed by atoms with Gasteiger partial charge in [0, 0.05) is 20.0 Å². The molecule has 128 valence electrons. The Morgan fingerprint density at radius 3 is 2.83 bits per heavy atom. The summed E-state index contributed by atoms with van der Waals surface area (Å²) in [6.45, 7) is 0. The summed E-state index contributed by atoms with van der Waals surface area (Å²) >= 11 is 5.97. The smallest absolute Gasteiger partial charge is 0.229 e. The Morgan fingerprint density at radius 2 is 2.17 bits per heavy atom. The van der Waals surface area contributed by atoms with Crippen molar-refractivity contribution in [1.29, 1.82) is 0 Å². The number of anilines is 1. The lowest BCUT2D eigenvalue weighted by Crippen LogP contribution is -2.41. The van der Waals surface area contributed by atoms with Gasteiger partial charge in [0.1, 0.15) is 6.10 Å². The first-order valence-electron chi connectivity index (χ1n) is 7.61. The molecule has 0 aliphatic heterocycles. The summed E-state index contributed by atoms with van der Waals surface area (Å²) in [5.74, 6) is 0.0336. The molecule has 5 atom stereocenters. The van der Waals surface area contributed by atoms with Gasteiger partial charge in [-0.05, 0) is 18.0 Å². The van der Waals surface area contributed by atoms with Crippen molar-refractivity contribution in [3.63, 3.8) is 0 Å². The third-order valence-corrected chi connectivity index (χ3v) is 5.44. The van der Waals surface area contributed by atoms with Crippen molar-refractivity contribution in [2.45, 2.75) is 24.7 Å². The molecule has 0 spiro atoms. The molecule has 2 aromatic rings. The molecule has 2 saturated carbocycles. The Kier molecular flexibility index (Phi) is 3.25. The van der Waals surface area contributed by atoms with Crippen molar-refractivity contribution in [3.8, 4) is 0 Å². The molecule has 0 saturated heterocycles. The largest absolute Gasteiger partial charge is 0.389 e. The molecule has 2 aliphatic rings. The molecule has 1 amide bonds. The van der Waals surface area contributed by atoms with Crippen LogP contribution >= 0.6 is 11.6 Å². The van der Waals surface area contributed by atoms with E-state index in [1.165, 1.54) is 13.4 Å². The first-order valence-corrected chi connectivity index (χ1v) is 7.99. The highest BCUT2D eigenvalue weighted by molar-refractivity contribution is 6.28. The van der Waals surface area contributed by atoms with Gasteiger partial charge in [-0.2, -0.15) is 9.97 Å². The number of aliphatic hydroxyl groups is 2. The number of aliphatic hydroxyl groups excluding tert-OH is 2. The van der Waals surface area contributed by atoms with E-state index in [9.17, 15) is 15.0 Å². The number of hydrogen-bond acceptors (Lipinski definition) is 7. The standard InChI is InChI=1S/C14H17ClN6O3/c1-16-10-6-11(20-13(15)19-10)21(4-18-6)7-5-3-14(5,12(24)17-2)9(23)8(7)22/h4-5,7-9,22-23H,3H2,1-2H3,(H,17,24)(H,16,19,20). The fourth-order valence-corrected chi connectivity index (χ4v) is 4.23. The molecule has 0 radical (unpaired) electrons. The lowest BCUT2D eigenvalue weighted by atomic mass is 9.98. The van der Waals surface area contributed by atoms with Crippen molar-refractivity contribution < 1.29 is 15.0 Å². The predicted molar refractivity (Wildman–Crippen MR) is 85.5 cm³/mol. The Labute approximate surface area is 142 Å². The second kappa shape index (κ2) is 5.01. The van der Waals surface area contributed by atoms with Crippen molar-refractivity contribution in [2.75, 3.05) is 19.4 Å². The van der Waals surface area contributed by atoms with E-state index in [1.807, 2.05) is 0 Å². The molecule has 5 unspecified atom stereocenters. The molecular weight excluding hydrogens is 336 g/mol. The summed E-state index contributed by atoms with van der Waals surface area (Å²) < 4.78 is 1.68. The number of nitrogens with one attached hydrogen (secondary N) is 2. The number of carbonyl (C=O) groups excluding carboxylic acids is 1. The highest BCUT2D eigenvalue weighted by Crippen LogP contribution is 2.67. The summed E-state index contributed by atoms with van der Waals surface area (Å²) in [5.41, 5.74) is 0.0230. The number of carbonyl (C=O) groups is 1. The van der Waals surface area contributed by atoms with Crippen molar-refractivity contribution in [2.24, 2.45) is 11.3 Å². The number of fused-ring (bicyclic) bond motifs is 2. The van der Waals surface area contributed by atoms with Gasteiger partial charge >= 0.3 is 0 Å². The fourth-order valence-electron chi connectivity index (χ4n) is 4.07. The number of nitrogens with zero attached hydrogens (tertiary/aromatic N) is 4. The van der Waals surface area contributed by atoms with Crippen LogP contribution < -0.4 is 10.6 Å². The van der Waals surface area contributed by atoms with Crippen molar-refractivity contribution in [3.05, 3.63) is 11.6 Å². The van der Waals surface area contributed by atoms with Crippen LogP contribution in [-0.4, -0.2) is 61.9 Å². The Bertz CT molecular complexity index is 841. The van der Waals surface area contributed by atoms with E-state index in [1.54, 1.807) is 11.6 Å². The molecule has 2 fully saturated rings. The van der Waals surface area contributed by atoms with Gasteiger partial charge in [0.05, 0.1) is 23.9 Å². The molecule has 4 rings (SSSR count). The minimum absolute atomic E-state index is 0.0509. The number of hydrogen-bond donors (Lipinski definition) is 4. The third kappa shape index (κ3) is 1.77. The maximum Gasteiger partial charge on any atom is 0.229 e. The summed E-state index contributed by atoms with van der Waals surface area (Å²) in [7, 11) is 3.22. The predicted octanol–water partition coefficient (Wildman–Crippen LogP) is -0.450. The summed E-state index contributed by atoms with van der Waals surface area (Å²) in [5, 5.41) is 26.5. The maximum atomic E-state index is 12.2.